The summed E-state index contributed by atoms with van der Waals surface area (Å²) in [4.78, 5) is 29.8. The van der Waals surface area contributed by atoms with E-state index < -0.39 is 15.9 Å². The molecule has 14 heteroatoms. The molecule has 2 aromatic carbocycles. The summed E-state index contributed by atoms with van der Waals surface area (Å²) >= 11 is 0. The number of hydrogen-bond acceptors (Lipinski definition) is 10. The SMILES string of the molecule is COCCN(CCOC)S(=O)(=O)c1cccc(C(=O)Nc2nc(NCCCN3CCCC3)c3ncn(Cc4ccccc4)c3n2)c1. The van der Waals surface area contributed by atoms with Gasteiger partial charge in [0, 0.05) is 39.4 Å². The van der Waals surface area contributed by atoms with E-state index in [1.165, 1.54) is 43.5 Å². The molecule has 5 rings (SSSR count). The van der Waals surface area contributed by atoms with Crippen molar-refractivity contribution in [2.24, 2.45) is 0 Å². The van der Waals surface area contributed by atoms with Crippen molar-refractivity contribution in [1.82, 2.24) is 28.7 Å². The Hall–Kier alpha value is -3.95. The van der Waals surface area contributed by atoms with E-state index in [0.29, 0.717) is 30.1 Å². The lowest BCUT2D eigenvalue weighted by molar-refractivity contribution is 0.102. The molecule has 1 fully saturated rings. The summed E-state index contributed by atoms with van der Waals surface area (Å²) in [5.41, 5.74) is 2.41. The predicted molar refractivity (Wildman–Crippen MR) is 177 cm³/mol. The van der Waals surface area contributed by atoms with E-state index in [9.17, 15) is 13.2 Å². The van der Waals surface area contributed by atoms with E-state index in [1.54, 1.807) is 18.5 Å². The Kier molecular flexibility index (Phi) is 11.7. The summed E-state index contributed by atoms with van der Waals surface area (Å²) in [6.07, 6.45) is 5.15. The second-order valence-corrected chi connectivity index (χ2v) is 13.1. The highest BCUT2D eigenvalue weighted by Crippen LogP contribution is 2.23. The van der Waals surface area contributed by atoms with E-state index in [-0.39, 0.29) is 42.7 Å². The summed E-state index contributed by atoms with van der Waals surface area (Å²) in [6, 6.07) is 15.9. The number of benzene rings is 2. The number of nitrogens with zero attached hydrogens (tertiary/aromatic N) is 6. The fourth-order valence-electron chi connectivity index (χ4n) is 5.39. The Morgan fingerprint density at radius 3 is 2.43 bits per heavy atom. The van der Waals surface area contributed by atoms with Gasteiger partial charge in [-0.3, -0.25) is 10.1 Å². The van der Waals surface area contributed by atoms with Gasteiger partial charge < -0.3 is 24.3 Å². The molecule has 4 aromatic rings. The number of fused-ring (bicyclic) bond motifs is 1. The van der Waals surface area contributed by atoms with Gasteiger partial charge in [-0.25, -0.2) is 13.4 Å². The molecular formula is C32H42N8O5S. The Bertz CT molecular complexity index is 1690. The average Bonchev–Trinajstić information content (AvgIpc) is 3.74. The summed E-state index contributed by atoms with van der Waals surface area (Å²) in [6.45, 7) is 5.24. The summed E-state index contributed by atoms with van der Waals surface area (Å²) in [5, 5.41) is 6.19. The van der Waals surface area contributed by atoms with Gasteiger partial charge in [0.25, 0.3) is 5.91 Å². The summed E-state index contributed by atoms with van der Waals surface area (Å²) in [7, 11) is -0.901. The fraction of sp³-hybridized carbons (Fsp3) is 0.438. The highest BCUT2D eigenvalue weighted by Gasteiger charge is 2.25. The quantitative estimate of drug-likeness (QED) is 0.163. The third kappa shape index (κ3) is 8.44. The zero-order valence-electron chi connectivity index (χ0n) is 26.4. The van der Waals surface area contributed by atoms with Crippen LogP contribution in [0.5, 0.6) is 0 Å². The molecule has 1 aliphatic heterocycles. The Morgan fingerprint density at radius 1 is 0.978 bits per heavy atom. The maximum absolute atomic E-state index is 13.5. The van der Waals surface area contributed by atoms with Crippen LogP contribution in [-0.4, -0.2) is 110 Å². The monoisotopic (exact) mass is 650 g/mol. The van der Waals surface area contributed by atoms with Crippen molar-refractivity contribution >= 4 is 38.9 Å². The topological polar surface area (TPSA) is 144 Å². The minimum Gasteiger partial charge on any atom is -0.383 e. The van der Waals surface area contributed by atoms with Crippen LogP contribution in [0.1, 0.15) is 35.2 Å². The van der Waals surface area contributed by atoms with Crippen LogP contribution in [0.25, 0.3) is 11.2 Å². The minimum atomic E-state index is -3.92. The molecule has 0 spiro atoms. The Balaban J connectivity index is 1.38. The molecule has 3 heterocycles. The van der Waals surface area contributed by atoms with Gasteiger partial charge in [-0.1, -0.05) is 36.4 Å². The van der Waals surface area contributed by atoms with Gasteiger partial charge in [-0.05, 0) is 62.7 Å². The highest BCUT2D eigenvalue weighted by molar-refractivity contribution is 7.89. The number of ether oxygens (including phenoxy) is 2. The number of likely N-dealkylation sites (tertiary alicyclic amines) is 1. The smallest absolute Gasteiger partial charge is 0.258 e. The lowest BCUT2D eigenvalue weighted by Crippen LogP contribution is -2.36. The molecule has 1 saturated heterocycles. The maximum Gasteiger partial charge on any atom is 0.258 e. The van der Waals surface area contributed by atoms with Crippen molar-refractivity contribution in [3.05, 3.63) is 72.1 Å². The molecule has 0 aliphatic carbocycles. The number of imidazole rings is 1. The molecule has 0 bridgehead atoms. The maximum atomic E-state index is 13.5. The molecular weight excluding hydrogens is 608 g/mol. The molecule has 1 aliphatic rings. The van der Waals surface area contributed by atoms with Crippen LogP contribution in [0.15, 0.2) is 65.8 Å². The van der Waals surface area contributed by atoms with Gasteiger partial charge in [-0.15, -0.1) is 0 Å². The van der Waals surface area contributed by atoms with Crippen molar-refractivity contribution < 1.29 is 22.7 Å². The molecule has 2 N–H and O–H groups in total. The van der Waals surface area contributed by atoms with Gasteiger partial charge in [-0.2, -0.15) is 14.3 Å². The number of aromatic nitrogens is 4. The third-order valence-electron chi connectivity index (χ3n) is 7.85. The molecule has 0 radical (unpaired) electrons. The van der Waals surface area contributed by atoms with E-state index in [1.807, 2.05) is 34.9 Å². The summed E-state index contributed by atoms with van der Waals surface area (Å²) < 4.78 is 40.3. The van der Waals surface area contributed by atoms with Gasteiger partial charge in [0.2, 0.25) is 16.0 Å². The molecule has 246 valence electrons. The van der Waals surface area contributed by atoms with Crippen LogP contribution in [0.3, 0.4) is 0 Å². The first kappa shape index (κ1) is 33.4. The molecule has 1 amide bonds. The largest absolute Gasteiger partial charge is 0.383 e. The highest BCUT2D eigenvalue weighted by atomic mass is 32.2. The third-order valence-corrected chi connectivity index (χ3v) is 9.75. The van der Waals surface area contributed by atoms with Crippen molar-refractivity contribution in [2.75, 3.05) is 77.3 Å². The molecule has 46 heavy (non-hydrogen) atoms. The normalized spacial score (nSPS) is 13.9. The Morgan fingerprint density at radius 2 is 1.72 bits per heavy atom. The van der Waals surface area contributed by atoms with Gasteiger partial charge in [0.15, 0.2) is 17.0 Å². The summed E-state index contributed by atoms with van der Waals surface area (Å²) in [5.74, 6) is 0.0760. The molecule has 0 unspecified atom stereocenters. The van der Waals surface area contributed by atoms with Gasteiger partial charge >= 0.3 is 0 Å². The first-order valence-corrected chi connectivity index (χ1v) is 17.0. The van der Waals surface area contributed by atoms with Crippen molar-refractivity contribution in [3.8, 4) is 0 Å². The number of amides is 1. The van der Waals surface area contributed by atoms with Crippen LogP contribution >= 0.6 is 0 Å². The minimum absolute atomic E-state index is 0.00924. The number of methoxy groups -OCH3 is 2. The first-order valence-electron chi connectivity index (χ1n) is 15.5. The van der Waals surface area contributed by atoms with Crippen LogP contribution in [0, 0.1) is 0 Å². The average molecular weight is 651 g/mol. The fourth-order valence-corrected chi connectivity index (χ4v) is 6.85. The molecule has 0 atom stereocenters. The van der Waals surface area contributed by atoms with Gasteiger partial charge in [0.1, 0.15) is 0 Å². The zero-order valence-corrected chi connectivity index (χ0v) is 27.2. The predicted octanol–water partition coefficient (Wildman–Crippen LogP) is 3.31. The second-order valence-electron chi connectivity index (χ2n) is 11.1. The zero-order chi connectivity index (χ0) is 32.4. The molecule has 0 saturated carbocycles. The lowest BCUT2D eigenvalue weighted by atomic mass is 10.2. The van der Waals surface area contributed by atoms with Crippen molar-refractivity contribution in [2.45, 2.75) is 30.7 Å². The number of carbonyl (C=O) groups is 1. The van der Waals surface area contributed by atoms with E-state index in [2.05, 4.69) is 30.5 Å². The van der Waals surface area contributed by atoms with E-state index >= 15 is 0 Å². The second kappa shape index (κ2) is 16.1. The van der Waals surface area contributed by atoms with Crippen LogP contribution in [0.4, 0.5) is 11.8 Å². The number of sulfonamides is 1. The number of nitrogens with one attached hydrogen (secondary N) is 2. The van der Waals surface area contributed by atoms with Crippen LogP contribution in [-0.2, 0) is 26.0 Å². The van der Waals surface area contributed by atoms with Crippen molar-refractivity contribution in [3.63, 3.8) is 0 Å². The Labute approximate surface area is 270 Å². The van der Waals surface area contributed by atoms with E-state index in [4.69, 9.17) is 9.47 Å². The number of anilines is 2. The number of rotatable bonds is 17. The van der Waals surface area contributed by atoms with E-state index in [0.717, 1.165) is 31.6 Å². The molecule has 13 nitrogen and oxygen atoms in total. The van der Waals surface area contributed by atoms with Crippen LogP contribution < -0.4 is 10.6 Å². The molecule has 2 aromatic heterocycles. The van der Waals surface area contributed by atoms with Gasteiger partial charge in [0.05, 0.1) is 31.0 Å². The van der Waals surface area contributed by atoms with Crippen molar-refractivity contribution in [1.29, 1.82) is 0 Å². The number of hydrogen-bond donors (Lipinski definition) is 2. The first-order chi connectivity index (χ1) is 22.4. The standard InChI is InChI=1S/C32H42N8O5S/c1-44-20-18-40(19-21-45-2)46(42,43)27-13-8-12-26(22-27)31(41)37-32-35-29(33-14-9-17-38-15-6-7-16-38)28-30(36-32)39(24-34-28)23-25-10-4-3-5-11-25/h3-5,8,10-13,22,24H,6-7,9,14-21,23H2,1-2H3,(H2,33,35,36,37,41). The lowest BCUT2D eigenvalue weighted by Gasteiger charge is -2.21. The number of carbonyl (C=O) groups excluding carboxylic acids is 1. The van der Waals surface area contributed by atoms with Crippen LogP contribution in [0.2, 0.25) is 0 Å².